The molecule has 0 aromatic rings. The molecule has 1 aliphatic heterocycles. The summed E-state index contributed by atoms with van der Waals surface area (Å²) in [6.07, 6.45) is 2.92. The largest absolute Gasteiger partial charge is 0.306 e. The number of piperidine rings is 1. The quantitative estimate of drug-likeness (QED) is 0.441. The molecule has 0 N–H and O–H groups in total. The molecule has 1 fully saturated rings. The maximum Gasteiger partial charge on any atom is 0.0430 e. The Hall–Kier alpha value is -0.0400. The second-order valence-corrected chi connectivity index (χ2v) is 1.96. The molecule has 1 saturated heterocycles. The highest BCUT2D eigenvalue weighted by atomic mass is 15.1. The molecule has 2 atom stereocenters. The van der Waals surface area contributed by atoms with Gasteiger partial charge in [-0.15, -0.1) is 0 Å². The lowest BCUT2D eigenvalue weighted by Crippen LogP contribution is -2.24. The van der Waals surface area contributed by atoms with Crippen LogP contribution in [0.1, 0.15) is 22.0 Å². The van der Waals surface area contributed by atoms with Crippen LogP contribution >= 0.6 is 0 Å². The molecular weight excluding hydrogens is 86.1 g/mol. The fourth-order valence-electron chi connectivity index (χ4n) is 0.782. The highest BCUT2D eigenvalue weighted by Gasteiger charge is 2.02. The molecule has 0 amide bonds. The number of rotatable bonds is 0. The molecule has 1 aliphatic rings. The van der Waals surface area contributed by atoms with Crippen LogP contribution in [0.2, 0.25) is 0 Å². The zero-order valence-electron chi connectivity index (χ0n) is 6.72. The highest BCUT2D eigenvalue weighted by molar-refractivity contribution is 4.58. The third-order valence-corrected chi connectivity index (χ3v) is 1.24. The zero-order valence-corrected chi connectivity index (χ0v) is 4.72. The third kappa shape index (κ3) is 1.48. The standard InChI is InChI=1S/C6H13N/c1-7-5-3-2-4-6-7/h2-6H2,1H3/i5D,6D. The maximum atomic E-state index is 7.41. The van der Waals surface area contributed by atoms with E-state index in [0.717, 1.165) is 19.3 Å². The van der Waals surface area contributed by atoms with E-state index >= 15 is 0 Å². The van der Waals surface area contributed by atoms with Crippen LogP contribution in [0, 0.1) is 0 Å². The Kier molecular flexibility index (Phi) is 1.02. The average Bonchev–Trinajstić information content (AvgIpc) is 1.83. The molecule has 0 aromatic heterocycles. The van der Waals surface area contributed by atoms with E-state index in [4.69, 9.17) is 2.74 Å². The lowest BCUT2D eigenvalue weighted by atomic mass is 10.1. The highest BCUT2D eigenvalue weighted by Crippen LogP contribution is 2.04. The molecule has 2 unspecified atom stereocenters. The van der Waals surface area contributed by atoms with Crippen LogP contribution in [0.5, 0.6) is 0 Å². The van der Waals surface area contributed by atoms with Gasteiger partial charge in [0.2, 0.25) is 0 Å². The van der Waals surface area contributed by atoms with Gasteiger partial charge in [0.15, 0.2) is 0 Å². The van der Waals surface area contributed by atoms with Crippen LogP contribution in [0.4, 0.5) is 0 Å². The van der Waals surface area contributed by atoms with Crippen molar-refractivity contribution in [2.75, 3.05) is 20.1 Å². The van der Waals surface area contributed by atoms with Gasteiger partial charge in [0.05, 0.1) is 0 Å². The van der Waals surface area contributed by atoms with Gasteiger partial charge in [-0.1, -0.05) is 6.42 Å². The first-order valence-corrected chi connectivity index (χ1v) is 2.78. The average molecular weight is 101 g/mol. The van der Waals surface area contributed by atoms with Crippen LogP contribution in [-0.2, 0) is 0 Å². The molecule has 1 rings (SSSR count). The van der Waals surface area contributed by atoms with Crippen molar-refractivity contribution < 1.29 is 2.74 Å². The van der Waals surface area contributed by atoms with E-state index in [1.165, 1.54) is 0 Å². The van der Waals surface area contributed by atoms with Crippen LogP contribution in [0.15, 0.2) is 0 Å². The maximum absolute atomic E-state index is 7.41. The normalized spacial score (nSPS) is 50.4. The molecule has 1 heterocycles. The van der Waals surface area contributed by atoms with Gasteiger partial charge in [0.1, 0.15) is 0 Å². The van der Waals surface area contributed by atoms with Crippen molar-refractivity contribution in [2.45, 2.75) is 19.3 Å². The van der Waals surface area contributed by atoms with Crippen molar-refractivity contribution in [3.05, 3.63) is 0 Å². The number of nitrogens with zero attached hydrogens (tertiary/aromatic N) is 1. The van der Waals surface area contributed by atoms with E-state index < -0.39 is 0 Å². The monoisotopic (exact) mass is 101 g/mol. The van der Waals surface area contributed by atoms with E-state index in [9.17, 15) is 0 Å². The molecule has 42 valence electrons. The lowest BCUT2D eigenvalue weighted by Gasteiger charge is -2.20. The summed E-state index contributed by atoms with van der Waals surface area (Å²) in [6.45, 7) is -0.248. The molecule has 0 aromatic carbocycles. The van der Waals surface area contributed by atoms with Crippen LogP contribution in [-0.4, -0.2) is 25.0 Å². The number of hydrogen-bond donors (Lipinski definition) is 0. The minimum absolute atomic E-state index is 0.124. The van der Waals surface area contributed by atoms with E-state index in [0.29, 0.717) is 0 Å². The molecule has 0 aliphatic carbocycles. The molecule has 1 nitrogen and oxygen atoms in total. The van der Waals surface area contributed by atoms with Gasteiger partial charge in [0.25, 0.3) is 0 Å². The van der Waals surface area contributed by atoms with Gasteiger partial charge in [-0.3, -0.25) is 0 Å². The van der Waals surface area contributed by atoms with Gasteiger partial charge >= 0.3 is 0 Å². The second kappa shape index (κ2) is 2.31. The summed E-state index contributed by atoms with van der Waals surface area (Å²) in [7, 11) is 1.86. The van der Waals surface area contributed by atoms with Gasteiger partial charge in [-0.25, -0.2) is 0 Å². The Bertz CT molecular complexity index is 87.1. The summed E-state index contributed by atoms with van der Waals surface area (Å²) in [5, 5.41) is 0. The minimum atomic E-state index is -0.124. The number of likely N-dealkylation sites (tertiary alicyclic amines) is 1. The Labute approximate surface area is 48.1 Å². The SMILES string of the molecule is [2H]C1CCCC([2H])N1C. The predicted molar refractivity (Wildman–Crippen MR) is 31.3 cm³/mol. The van der Waals surface area contributed by atoms with Crippen molar-refractivity contribution >= 4 is 0 Å². The van der Waals surface area contributed by atoms with Crippen molar-refractivity contribution in [2.24, 2.45) is 0 Å². The van der Waals surface area contributed by atoms with Crippen LogP contribution in [0.3, 0.4) is 0 Å². The Morgan fingerprint density at radius 2 is 1.86 bits per heavy atom. The van der Waals surface area contributed by atoms with Gasteiger partial charge < -0.3 is 4.90 Å². The molecule has 0 saturated carbocycles. The van der Waals surface area contributed by atoms with Crippen molar-refractivity contribution in [3.8, 4) is 0 Å². The first-order valence-electron chi connectivity index (χ1n) is 3.93. The molecule has 0 radical (unpaired) electrons. The van der Waals surface area contributed by atoms with Gasteiger partial charge in [0, 0.05) is 2.74 Å². The minimum Gasteiger partial charge on any atom is -0.306 e. The van der Waals surface area contributed by atoms with E-state index in [1.54, 1.807) is 0 Å². The summed E-state index contributed by atoms with van der Waals surface area (Å²) in [5.41, 5.74) is 0. The first-order chi connectivity index (χ1) is 4.22. The Morgan fingerprint density at radius 3 is 2.29 bits per heavy atom. The summed E-state index contributed by atoms with van der Waals surface area (Å²) in [6, 6.07) is 0. The lowest BCUT2D eigenvalue weighted by molar-refractivity contribution is 0.277. The molecule has 1 heteroatoms. The van der Waals surface area contributed by atoms with Gasteiger partial charge in [-0.05, 0) is 32.9 Å². The topological polar surface area (TPSA) is 3.24 Å². The summed E-state index contributed by atoms with van der Waals surface area (Å²) in [4.78, 5) is 1.81. The van der Waals surface area contributed by atoms with E-state index in [2.05, 4.69) is 0 Å². The Morgan fingerprint density at radius 1 is 1.29 bits per heavy atom. The van der Waals surface area contributed by atoms with E-state index in [1.807, 2.05) is 11.9 Å². The van der Waals surface area contributed by atoms with E-state index in [-0.39, 0.29) is 13.0 Å². The van der Waals surface area contributed by atoms with Gasteiger partial charge in [-0.2, -0.15) is 0 Å². The fourth-order valence-corrected chi connectivity index (χ4v) is 0.782. The first kappa shape index (κ1) is 3.08. The Balaban J connectivity index is 2.41. The summed E-state index contributed by atoms with van der Waals surface area (Å²) >= 11 is 0. The smallest absolute Gasteiger partial charge is 0.0430 e. The van der Waals surface area contributed by atoms with Crippen molar-refractivity contribution in [3.63, 3.8) is 0 Å². The third-order valence-electron chi connectivity index (χ3n) is 1.24. The fraction of sp³-hybridized carbons (Fsp3) is 1.00. The van der Waals surface area contributed by atoms with Crippen molar-refractivity contribution in [1.29, 1.82) is 0 Å². The second-order valence-electron chi connectivity index (χ2n) is 1.96. The van der Waals surface area contributed by atoms with Crippen LogP contribution < -0.4 is 0 Å². The molecular formula is C6H13N. The van der Waals surface area contributed by atoms with Crippen LogP contribution in [0.25, 0.3) is 0 Å². The summed E-state index contributed by atoms with van der Waals surface area (Å²) in [5.74, 6) is 0. The predicted octanol–water partition coefficient (Wildman–Crippen LogP) is 1.10. The number of hydrogen-bond acceptors (Lipinski definition) is 1. The molecule has 0 bridgehead atoms. The molecule has 7 heavy (non-hydrogen) atoms. The summed E-state index contributed by atoms with van der Waals surface area (Å²) < 4.78 is 14.8. The molecule has 0 spiro atoms. The van der Waals surface area contributed by atoms with Crippen molar-refractivity contribution in [1.82, 2.24) is 4.90 Å². The zero-order chi connectivity index (χ0) is 6.85.